The molecule has 0 aromatic heterocycles. The lowest BCUT2D eigenvalue weighted by Gasteiger charge is -2.32. The molecule has 0 aromatic carbocycles. The lowest BCUT2D eigenvalue weighted by Crippen LogP contribution is -2.37. The van der Waals surface area contributed by atoms with Gasteiger partial charge in [0.05, 0.1) is 6.61 Å². The van der Waals surface area contributed by atoms with Crippen molar-refractivity contribution in [1.29, 1.82) is 0 Å². The first kappa shape index (κ1) is 7.03. The molecule has 1 heterocycles. The summed E-state index contributed by atoms with van der Waals surface area (Å²) in [6.07, 6.45) is 1.26. The van der Waals surface area contributed by atoms with Gasteiger partial charge in [0.1, 0.15) is 0 Å². The Hall–Kier alpha value is -0.0800. The highest BCUT2D eigenvalue weighted by Crippen LogP contribution is 2.16. The molecule has 1 aliphatic rings. The molecule has 1 saturated heterocycles. The van der Waals surface area contributed by atoms with E-state index in [9.17, 15) is 0 Å². The van der Waals surface area contributed by atoms with E-state index in [1.807, 2.05) is 12.1 Å². The Bertz CT molecular complexity index is 94.9. The maximum absolute atomic E-state index is 5.34. The minimum Gasteiger partial charge on any atom is -0.299 e. The Labute approximate surface area is 56.8 Å². The summed E-state index contributed by atoms with van der Waals surface area (Å²) in [5, 5.41) is 1.94. The Kier molecular flexibility index (Phi) is 2.09. The fourth-order valence-corrected chi connectivity index (χ4v) is 1.17. The third-order valence-corrected chi connectivity index (χ3v) is 1.93. The highest BCUT2D eigenvalue weighted by atomic mass is 16.7. The summed E-state index contributed by atoms with van der Waals surface area (Å²) in [4.78, 5) is 5.34. The molecule has 2 atom stereocenters. The van der Waals surface area contributed by atoms with Crippen LogP contribution in [0.2, 0.25) is 0 Å². The van der Waals surface area contributed by atoms with Gasteiger partial charge in [-0.3, -0.25) is 4.84 Å². The summed E-state index contributed by atoms with van der Waals surface area (Å²) in [5.41, 5.74) is 0. The maximum atomic E-state index is 5.34. The molecule has 0 aliphatic carbocycles. The first-order valence-electron chi connectivity index (χ1n) is 3.56. The number of rotatable bonds is 0. The Morgan fingerprint density at radius 2 is 2.11 bits per heavy atom. The van der Waals surface area contributed by atoms with Crippen LogP contribution in [0.3, 0.4) is 0 Å². The second kappa shape index (κ2) is 2.67. The molecule has 2 nitrogen and oxygen atoms in total. The predicted molar refractivity (Wildman–Crippen MR) is 37.0 cm³/mol. The molecule has 54 valence electrons. The molecule has 0 bridgehead atoms. The third-order valence-electron chi connectivity index (χ3n) is 1.93. The van der Waals surface area contributed by atoms with Crippen LogP contribution in [-0.2, 0) is 4.84 Å². The van der Waals surface area contributed by atoms with Gasteiger partial charge < -0.3 is 0 Å². The lowest BCUT2D eigenvalue weighted by molar-refractivity contribution is -0.203. The fourth-order valence-electron chi connectivity index (χ4n) is 1.17. The average molecular weight is 129 g/mol. The molecular weight excluding hydrogens is 114 g/mol. The number of hydrogen-bond donors (Lipinski definition) is 0. The van der Waals surface area contributed by atoms with Crippen LogP contribution in [0.25, 0.3) is 0 Å². The molecule has 2 unspecified atom stereocenters. The van der Waals surface area contributed by atoms with Gasteiger partial charge in [-0.25, -0.2) is 0 Å². The second-order valence-corrected chi connectivity index (χ2v) is 3.03. The lowest BCUT2D eigenvalue weighted by atomic mass is 10.0. The molecule has 0 aromatic rings. The van der Waals surface area contributed by atoms with Crippen molar-refractivity contribution in [3.8, 4) is 0 Å². The van der Waals surface area contributed by atoms with Crippen LogP contribution >= 0.6 is 0 Å². The quantitative estimate of drug-likeness (QED) is 0.488. The van der Waals surface area contributed by atoms with Gasteiger partial charge in [-0.15, -0.1) is 0 Å². The Morgan fingerprint density at radius 1 is 1.44 bits per heavy atom. The highest BCUT2D eigenvalue weighted by molar-refractivity contribution is 4.65. The normalized spacial score (nSPS) is 39.0. The molecule has 9 heavy (non-hydrogen) atoms. The van der Waals surface area contributed by atoms with Gasteiger partial charge in [-0.2, -0.15) is 5.06 Å². The first-order chi connectivity index (χ1) is 4.20. The summed E-state index contributed by atoms with van der Waals surface area (Å²) in [6.45, 7) is 5.31. The molecule has 0 radical (unpaired) electrons. The minimum atomic E-state index is 0.591. The van der Waals surface area contributed by atoms with Crippen molar-refractivity contribution < 1.29 is 4.84 Å². The molecule has 0 spiro atoms. The largest absolute Gasteiger partial charge is 0.299 e. The van der Waals surface area contributed by atoms with E-state index in [1.165, 1.54) is 6.42 Å². The van der Waals surface area contributed by atoms with Gasteiger partial charge in [0, 0.05) is 13.1 Å². The van der Waals surface area contributed by atoms with Crippen LogP contribution in [0.5, 0.6) is 0 Å². The smallest absolute Gasteiger partial charge is 0.0711 e. The summed E-state index contributed by atoms with van der Waals surface area (Å²) < 4.78 is 0. The van der Waals surface area contributed by atoms with Gasteiger partial charge in [0.2, 0.25) is 0 Å². The van der Waals surface area contributed by atoms with Crippen molar-refractivity contribution in [2.24, 2.45) is 5.92 Å². The van der Waals surface area contributed by atoms with E-state index in [1.54, 1.807) is 0 Å². The van der Waals surface area contributed by atoms with Crippen LogP contribution < -0.4 is 0 Å². The Morgan fingerprint density at radius 3 is 2.56 bits per heavy atom. The fraction of sp³-hybridized carbons (Fsp3) is 1.00. The second-order valence-electron chi connectivity index (χ2n) is 3.03. The van der Waals surface area contributed by atoms with Crippen LogP contribution in [-0.4, -0.2) is 24.8 Å². The van der Waals surface area contributed by atoms with Crippen LogP contribution in [0.15, 0.2) is 0 Å². The van der Waals surface area contributed by atoms with E-state index < -0.39 is 0 Å². The summed E-state index contributed by atoms with van der Waals surface area (Å²) >= 11 is 0. The van der Waals surface area contributed by atoms with E-state index in [0.717, 1.165) is 12.5 Å². The first-order valence-corrected chi connectivity index (χ1v) is 3.56. The third kappa shape index (κ3) is 1.66. The summed E-state index contributed by atoms with van der Waals surface area (Å²) in [6, 6.07) is 0.591. The van der Waals surface area contributed by atoms with Crippen molar-refractivity contribution in [1.82, 2.24) is 5.06 Å². The number of hydrogen-bond acceptors (Lipinski definition) is 2. The van der Waals surface area contributed by atoms with E-state index >= 15 is 0 Å². The van der Waals surface area contributed by atoms with E-state index in [0.29, 0.717) is 6.04 Å². The number of hydroxylamine groups is 2. The van der Waals surface area contributed by atoms with E-state index in [2.05, 4.69) is 13.8 Å². The van der Waals surface area contributed by atoms with Gasteiger partial charge in [0.15, 0.2) is 0 Å². The standard InChI is InChI=1S/C7H15NO/c1-6-4-7(2)8(3)9-5-6/h6-7H,4-5H2,1-3H3. The predicted octanol–water partition coefficient (Wildman–Crippen LogP) is 1.28. The zero-order chi connectivity index (χ0) is 6.85. The maximum Gasteiger partial charge on any atom is 0.0711 e. The van der Waals surface area contributed by atoms with Crippen LogP contribution in [0.1, 0.15) is 20.3 Å². The molecule has 0 N–H and O–H groups in total. The van der Waals surface area contributed by atoms with E-state index in [4.69, 9.17) is 4.84 Å². The monoisotopic (exact) mass is 129 g/mol. The van der Waals surface area contributed by atoms with Crippen molar-refractivity contribution in [2.75, 3.05) is 13.7 Å². The van der Waals surface area contributed by atoms with Gasteiger partial charge >= 0.3 is 0 Å². The van der Waals surface area contributed by atoms with Gasteiger partial charge in [-0.05, 0) is 19.3 Å². The Balaban J connectivity index is 2.35. The summed E-state index contributed by atoms with van der Waals surface area (Å²) in [5.74, 6) is 0.733. The van der Waals surface area contributed by atoms with E-state index in [-0.39, 0.29) is 0 Å². The number of nitrogens with zero attached hydrogens (tertiary/aromatic N) is 1. The van der Waals surface area contributed by atoms with Crippen molar-refractivity contribution in [2.45, 2.75) is 26.3 Å². The van der Waals surface area contributed by atoms with Gasteiger partial charge in [0.25, 0.3) is 0 Å². The molecule has 0 saturated carbocycles. The van der Waals surface area contributed by atoms with Crippen LogP contribution in [0, 0.1) is 5.92 Å². The average Bonchev–Trinajstić information content (AvgIpc) is 1.80. The van der Waals surface area contributed by atoms with Crippen molar-refractivity contribution in [3.05, 3.63) is 0 Å². The molecule has 2 heteroatoms. The van der Waals surface area contributed by atoms with Crippen molar-refractivity contribution in [3.63, 3.8) is 0 Å². The molecule has 1 fully saturated rings. The van der Waals surface area contributed by atoms with Gasteiger partial charge in [-0.1, -0.05) is 6.92 Å². The molecule has 1 aliphatic heterocycles. The SMILES string of the molecule is CC1CON(C)C(C)C1. The highest BCUT2D eigenvalue weighted by Gasteiger charge is 2.19. The minimum absolute atomic E-state index is 0.591. The molecule has 0 amide bonds. The zero-order valence-electron chi connectivity index (χ0n) is 6.42. The topological polar surface area (TPSA) is 12.5 Å². The zero-order valence-corrected chi connectivity index (χ0v) is 6.42. The van der Waals surface area contributed by atoms with Crippen LogP contribution in [0.4, 0.5) is 0 Å². The molecule has 1 rings (SSSR count). The van der Waals surface area contributed by atoms with Crippen molar-refractivity contribution >= 4 is 0 Å². The molecular formula is C7H15NO. The summed E-state index contributed by atoms with van der Waals surface area (Å²) in [7, 11) is 2.00.